The highest BCUT2D eigenvalue weighted by Crippen LogP contribution is 2.22. The fraction of sp³-hybridized carbons (Fsp3) is 0.0800. The molecule has 0 saturated heterocycles. The van der Waals surface area contributed by atoms with Gasteiger partial charge in [0, 0.05) is 16.1 Å². The summed E-state index contributed by atoms with van der Waals surface area (Å²) in [4.78, 5) is 24.2. The second kappa shape index (κ2) is 12.2. The largest absolute Gasteiger partial charge is 0.497 e. The second-order valence-corrected chi connectivity index (χ2v) is 7.52. The lowest BCUT2D eigenvalue weighted by molar-refractivity contribution is -0.129. The molecule has 168 valence electrons. The van der Waals surface area contributed by atoms with Crippen LogP contribution in [0.1, 0.15) is 11.1 Å². The minimum absolute atomic E-state index is 0.214. The summed E-state index contributed by atoms with van der Waals surface area (Å²) in [6.07, 6.45) is 4.40. The number of hydrazone groups is 1. The number of nitrogens with one attached hydrogen (secondary N) is 1. The smallest absolute Gasteiger partial charge is 0.336 e. The van der Waals surface area contributed by atoms with Gasteiger partial charge in [-0.05, 0) is 54.1 Å². The number of halogens is 1. The zero-order chi connectivity index (χ0) is 23.5. The van der Waals surface area contributed by atoms with E-state index in [0.29, 0.717) is 22.8 Å². The van der Waals surface area contributed by atoms with E-state index in [4.69, 9.17) is 14.2 Å². The fourth-order valence-corrected chi connectivity index (χ4v) is 2.99. The average Bonchev–Trinajstić information content (AvgIpc) is 2.84. The van der Waals surface area contributed by atoms with Gasteiger partial charge in [-0.2, -0.15) is 5.10 Å². The number of carbonyl (C=O) groups is 2. The number of esters is 1. The molecule has 0 aromatic heterocycles. The van der Waals surface area contributed by atoms with Crippen molar-refractivity contribution in [3.05, 3.63) is 94.5 Å². The molecular weight excluding hydrogens is 488 g/mol. The third-order valence-corrected chi connectivity index (χ3v) is 4.71. The van der Waals surface area contributed by atoms with Gasteiger partial charge in [0.2, 0.25) is 0 Å². The van der Waals surface area contributed by atoms with Crippen LogP contribution in [0, 0.1) is 0 Å². The summed E-state index contributed by atoms with van der Waals surface area (Å²) in [6.45, 7) is -0.214. The van der Waals surface area contributed by atoms with Crippen molar-refractivity contribution < 1.29 is 23.8 Å². The average molecular weight is 509 g/mol. The highest BCUT2D eigenvalue weighted by atomic mass is 79.9. The lowest BCUT2D eigenvalue weighted by Crippen LogP contribution is -2.24. The molecule has 0 spiro atoms. The van der Waals surface area contributed by atoms with Gasteiger partial charge >= 0.3 is 5.97 Å². The maximum Gasteiger partial charge on any atom is 0.336 e. The molecule has 0 radical (unpaired) electrons. The van der Waals surface area contributed by atoms with Gasteiger partial charge in [-0.25, -0.2) is 10.2 Å². The van der Waals surface area contributed by atoms with Crippen molar-refractivity contribution in [2.45, 2.75) is 0 Å². The molecular formula is C25H21BrN2O5. The Hall–Kier alpha value is -3.91. The summed E-state index contributed by atoms with van der Waals surface area (Å²) in [7, 11) is 1.57. The Bertz CT molecular complexity index is 1150. The summed E-state index contributed by atoms with van der Waals surface area (Å²) >= 11 is 3.37. The monoisotopic (exact) mass is 508 g/mol. The summed E-state index contributed by atoms with van der Waals surface area (Å²) in [5.74, 6) is 0.541. The lowest BCUT2D eigenvalue weighted by atomic mass is 10.2. The lowest BCUT2D eigenvalue weighted by Gasteiger charge is -2.07. The first-order valence-corrected chi connectivity index (χ1v) is 10.7. The highest BCUT2D eigenvalue weighted by Gasteiger charge is 2.08. The summed E-state index contributed by atoms with van der Waals surface area (Å²) in [5, 5.41) is 3.93. The number of hydrogen-bond donors (Lipinski definition) is 1. The minimum atomic E-state index is -0.534. The Morgan fingerprint density at radius 3 is 2.45 bits per heavy atom. The molecule has 0 aliphatic rings. The number of rotatable bonds is 9. The molecule has 7 nitrogen and oxygen atoms in total. The summed E-state index contributed by atoms with van der Waals surface area (Å²) in [6, 6.07) is 21.4. The Kier molecular flexibility index (Phi) is 8.79. The molecule has 3 aromatic rings. The molecule has 3 rings (SSSR count). The number of amides is 1. The topological polar surface area (TPSA) is 86.2 Å². The Morgan fingerprint density at radius 1 is 1.00 bits per heavy atom. The van der Waals surface area contributed by atoms with Crippen LogP contribution in [0.15, 0.2) is 88.4 Å². The molecule has 0 fully saturated rings. The van der Waals surface area contributed by atoms with Crippen molar-refractivity contribution in [3.63, 3.8) is 0 Å². The molecule has 0 heterocycles. The van der Waals surface area contributed by atoms with Gasteiger partial charge in [0.05, 0.1) is 13.3 Å². The van der Waals surface area contributed by atoms with E-state index in [0.717, 1.165) is 10.0 Å². The van der Waals surface area contributed by atoms with Crippen LogP contribution in [0.2, 0.25) is 0 Å². The molecule has 1 amide bonds. The van der Waals surface area contributed by atoms with Gasteiger partial charge < -0.3 is 14.2 Å². The van der Waals surface area contributed by atoms with Crippen LogP contribution in [0.3, 0.4) is 0 Å². The molecule has 3 aromatic carbocycles. The first kappa shape index (κ1) is 23.7. The Balaban J connectivity index is 1.56. The van der Waals surface area contributed by atoms with Crippen molar-refractivity contribution in [2.75, 3.05) is 13.7 Å². The third-order valence-electron chi connectivity index (χ3n) is 4.22. The number of hydrogen-bond acceptors (Lipinski definition) is 6. The molecule has 0 aliphatic heterocycles. The third kappa shape index (κ3) is 7.93. The number of benzene rings is 3. The number of ether oxygens (including phenoxy) is 3. The standard InChI is InChI=1S/C25H21BrN2O5/c1-31-21-9-11-22(12-10-21)32-17-24(29)28-27-16-19-15-20(26)8-13-23(19)33-25(30)14-7-18-5-3-2-4-6-18/h2-16H,17H2,1H3,(H,28,29)/b14-7+,27-16-. The van der Waals surface area contributed by atoms with E-state index in [-0.39, 0.29) is 6.61 Å². The van der Waals surface area contributed by atoms with E-state index in [1.54, 1.807) is 55.7 Å². The first-order valence-electron chi connectivity index (χ1n) is 9.87. The van der Waals surface area contributed by atoms with Crippen molar-refractivity contribution in [1.82, 2.24) is 5.43 Å². The van der Waals surface area contributed by atoms with Crippen molar-refractivity contribution >= 4 is 40.1 Å². The Labute approximate surface area is 199 Å². The summed E-state index contributed by atoms with van der Waals surface area (Å²) in [5.41, 5.74) is 3.76. The van der Waals surface area contributed by atoms with Crippen molar-refractivity contribution in [2.24, 2.45) is 5.10 Å². The maximum absolute atomic E-state index is 12.2. The fourth-order valence-electron chi connectivity index (χ4n) is 2.61. The first-order chi connectivity index (χ1) is 16.0. The number of methoxy groups -OCH3 is 1. The predicted octanol–water partition coefficient (Wildman–Crippen LogP) is 4.61. The SMILES string of the molecule is COc1ccc(OCC(=O)N/N=C\c2cc(Br)ccc2OC(=O)/C=C/c2ccccc2)cc1. The number of nitrogens with zero attached hydrogens (tertiary/aromatic N) is 1. The quantitative estimate of drug-likeness (QED) is 0.150. The Morgan fingerprint density at radius 2 is 1.73 bits per heavy atom. The van der Waals surface area contributed by atoms with Crippen LogP contribution >= 0.6 is 15.9 Å². The van der Waals surface area contributed by atoms with Crippen LogP contribution in [-0.2, 0) is 9.59 Å². The van der Waals surface area contributed by atoms with Crippen LogP contribution < -0.4 is 19.6 Å². The van der Waals surface area contributed by atoms with Gasteiger partial charge in [-0.3, -0.25) is 4.79 Å². The second-order valence-electron chi connectivity index (χ2n) is 6.60. The van der Waals surface area contributed by atoms with Gasteiger partial charge in [0.1, 0.15) is 17.2 Å². The molecule has 0 aliphatic carbocycles. The minimum Gasteiger partial charge on any atom is -0.497 e. The normalized spacial score (nSPS) is 10.8. The predicted molar refractivity (Wildman–Crippen MR) is 129 cm³/mol. The zero-order valence-electron chi connectivity index (χ0n) is 17.7. The van der Waals surface area contributed by atoms with Gasteiger partial charge in [0.25, 0.3) is 5.91 Å². The molecule has 0 unspecified atom stereocenters. The number of carbonyl (C=O) groups excluding carboxylic acids is 2. The molecule has 8 heteroatoms. The molecule has 0 bridgehead atoms. The van der Waals surface area contributed by atoms with Crippen LogP contribution in [-0.4, -0.2) is 31.8 Å². The molecule has 0 atom stereocenters. The summed E-state index contributed by atoms with van der Waals surface area (Å²) < 4.78 is 16.7. The van der Waals surface area contributed by atoms with E-state index >= 15 is 0 Å². The van der Waals surface area contributed by atoms with Crippen LogP contribution in [0.4, 0.5) is 0 Å². The van der Waals surface area contributed by atoms with Gasteiger partial charge in [-0.15, -0.1) is 0 Å². The highest BCUT2D eigenvalue weighted by molar-refractivity contribution is 9.10. The zero-order valence-corrected chi connectivity index (χ0v) is 19.3. The van der Waals surface area contributed by atoms with E-state index in [1.807, 2.05) is 30.3 Å². The van der Waals surface area contributed by atoms with E-state index in [2.05, 4.69) is 26.5 Å². The van der Waals surface area contributed by atoms with E-state index in [9.17, 15) is 9.59 Å². The van der Waals surface area contributed by atoms with Crippen LogP contribution in [0.5, 0.6) is 17.2 Å². The van der Waals surface area contributed by atoms with Crippen molar-refractivity contribution in [3.8, 4) is 17.2 Å². The van der Waals surface area contributed by atoms with Crippen LogP contribution in [0.25, 0.3) is 6.08 Å². The van der Waals surface area contributed by atoms with Crippen molar-refractivity contribution in [1.29, 1.82) is 0 Å². The maximum atomic E-state index is 12.2. The molecule has 33 heavy (non-hydrogen) atoms. The van der Waals surface area contributed by atoms with Gasteiger partial charge in [0.15, 0.2) is 6.61 Å². The van der Waals surface area contributed by atoms with Gasteiger partial charge in [-0.1, -0.05) is 46.3 Å². The van der Waals surface area contributed by atoms with E-state index in [1.165, 1.54) is 12.3 Å². The van der Waals surface area contributed by atoms with E-state index < -0.39 is 11.9 Å². The molecule has 0 saturated carbocycles. The molecule has 1 N–H and O–H groups in total.